The van der Waals surface area contributed by atoms with Gasteiger partial charge < -0.3 is 24.6 Å². The molecule has 2 N–H and O–H groups in total. The molecule has 8 rings (SSSR count). The van der Waals surface area contributed by atoms with E-state index in [0.717, 1.165) is 53.7 Å². The lowest BCUT2D eigenvalue weighted by molar-refractivity contribution is 0.111. The lowest BCUT2D eigenvalue weighted by Crippen LogP contribution is -2.51. The van der Waals surface area contributed by atoms with Crippen molar-refractivity contribution in [1.29, 1.82) is 0 Å². The van der Waals surface area contributed by atoms with Crippen molar-refractivity contribution in [1.82, 2.24) is 29.7 Å². The van der Waals surface area contributed by atoms with Gasteiger partial charge >= 0.3 is 0 Å². The van der Waals surface area contributed by atoms with E-state index < -0.39 is 0 Å². The summed E-state index contributed by atoms with van der Waals surface area (Å²) < 4.78 is 8.65. The summed E-state index contributed by atoms with van der Waals surface area (Å²) in [5, 5.41) is 16.1. The number of rotatable bonds is 6. The van der Waals surface area contributed by atoms with Crippen molar-refractivity contribution < 1.29 is 9.84 Å². The number of hydrogen-bond donors (Lipinski definition) is 2. The molecular weight excluding hydrogens is 514 g/mol. The molecule has 2 bridgehead atoms. The number of benzene rings is 2. The molecule has 0 radical (unpaired) electrons. The summed E-state index contributed by atoms with van der Waals surface area (Å²) in [7, 11) is 0. The molecule has 4 fully saturated rings. The van der Waals surface area contributed by atoms with Gasteiger partial charge in [0.2, 0.25) is 11.8 Å². The third-order valence-corrected chi connectivity index (χ3v) is 9.75. The van der Waals surface area contributed by atoms with Crippen LogP contribution in [0.15, 0.2) is 36.7 Å². The number of terminal acetylenes is 1. The number of nitrogens with zero attached hydrogens (tertiary/aromatic N) is 6. The Balaban J connectivity index is 1.20. The highest BCUT2D eigenvalue weighted by molar-refractivity contribution is 5.92. The monoisotopic (exact) mass is 549 g/mol. The Labute approximate surface area is 239 Å². The lowest BCUT2D eigenvalue weighted by atomic mass is 9.95. The second-order valence-corrected chi connectivity index (χ2v) is 12.3. The summed E-state index contributed by atoms with van der Waals surface area (Å²) in [6.45, 7) is 5.17. The minimum absolute atomic E-state index is 0.111. The number of piperazine rings is 1. The molecule has 4 aliphatic rings. The molecule has 4 saturated heterocycles. The van der Waals surface area contributed by atoms with E-state index in [2.05, 4.69) is 21.0 Å². The maximum atomic E-state index is 10.5. The van der Waals surface area contributed by atoms with Gasteiger partial charge in [-0.3, -0.25) is 4.90 Å². The van der Waals surface area contributed by atoms with E-state index in [-0.39, 0.29) is 11.3 Å². The normalized spacial score (nSPS) is 23.3. The summed E-state index contributed by atoms with van der Waals surface area (Å²) in [6.07, 6.45) is 14.8. The molecule has 9 heteroatoms. The first-order valence-electron chi connectivity index (χ1n) is 14.9. The molecule has 4 aromatic rings. The predicted molar refractivity (Wildman–Crippen MR) is 158 cm³/mol. The molecule has 4 aliphatic heterocycles. The summed E-state index contributed by atoms with van der Waals surface area (Å²) in [6, 6.07) is 10.3. The number of aromatic hydroxyl groups is 1. The van der Waals surface area contributed by atoms with Gasteiger partial charge in [0.25, 0.3) is 0 Å². The van der Waals surface area contributed by atoms with Crippen LogP contribution in [0.25, 0.3) is 21.9 Å². The highest BCUT2D eigenvalue weighted by Crippen LogP contribution is 2.40. The van der Waals surface area contributed by atoms with Crippen LogP contribution >= 0.6 is 0 Å². The SMILES string of the molecule is C#Cc1cccc2cc(O)cc(Cn3cnc4c(OCC56CCCN5CCC6)nc(N5CC6CCC(C5)N6)nc43)c12. The molecule has 2 aromatic heterocycles. The van der Waals surface area contributed by atoms with Gasteiger partial charge in [-0.2, -0.15) is 9.97 Å². The van der Waals surface area contributed by atoms with E-state index in [4.69, 9.17) is 26.1 Å². The first kappa shape index (κ1) is 24.9. The van der Waals surface area contributed by atoms with Crippen LogP contribution in [-0.2, 0) is 6.54 Å². The maximum absolute atomic E-state index is 10.5. The van der Waals surface area contributed by atoms with Crippen LogP contribution in [0, 0.1) is 12.3 Å². The van der Waals surface area contributed by atoms with Gasteiger partial charge in [-0.05, 0) is 80.8 Å². The Hall–Kier alpha value is -3.87. The third-order valence-electron chi connectivity index (χ3n) is 9.75. The van der Waals surface area contributed by atoms with E-state index in [1.54, 1.807) is 12.1 Å². The number of anilines is 1. The van der Waals surface area contributed by atoms with Gasteiger partial charge in [0.1, 0.15) is 12.4 Å². The number of phenols is 1. The summed E-state index contributed by atoms with van der Waals surface area (Å²) in [5.41, 5.74) is 3.24. The van der Waals surface area contributed by atoms with E-state index >= 15 is 0 Å². The smallest absolute Gasteiger partial charge is 0.247 e. The van der Waals surface area contributed by atoms with Crippen molar-refractivity contribution in [2.24, 2.45) is 0 Å². The van der Waals surface area contributed by atoms with E-state index in [1.807, 2.05) is 29.1 Å². The summed E-state index contributed by atoms with van der Waals surface area (Å²) in [4.78, 5) is 19.8. The van der Waals surface area contributed by atoms with Gasteiger partial charge in [0.15, 0.2) is 11.2 Å². The summed E-state index contributed by atoms with van der Waals surface area (Å²) >= 11 is 0. The topological polar surface area (TPSA) is 91.6 Å². The Bertz CT molecular complexity index is 1670. The van der Waals surface area contributed by atoms with Gasteiger partial charge in [0.05, 0.1) is 18.4 Å². The standard InChI is InChI=1S/C32H35N7O2/c1-2-21-6-3-7-22-14-26(40)15-23(27(21)22)16-38-20-33-28-29(38)35-31(37-17-24-8-9-25(18-37)34-24)36-30(28)41-19-32-10-4-12-39(32)13-5-11-32/h1,3,6-7,14-15,20,24-25,34,40H,4-5,8-13,16-19H2. The van der Waals surface area contributed by atoms with Crippen molar-refractivity contribution in [3.63, 3.8) is 0 Å². The zero-order chi connectivity index (χ0) is 27.6. The molecule has 2 aromatic carbocycles. The Morgan fingerprint density at radius 1 is 1.10 bits per heavy atom. The molecular formula is C32H35N7O2. The second-order valence-electron chi connectivity index (χ2n) is 12.3. The van der Waals surface area contributed by atoms with Crippen molar-refractivity contribution in [2.45, 2.75) is 62.7 Å². The average Bonchev–Trinajstić information content (AvgIpc) is 3.75. The number of aromatic nitrogens is 4. The fourth-order valence-corrected chi connectivity index (χ4v) is 7.82. The zero-order valence-corrected chi connectivity index (χ0v) is 23.2. The molecule has 0 spiro atoms. The van der Waals surface area contributed by atoms with Crippen LogP contribution in [0.5, 0.6) is 11.6 Å². The summed E-state index contributed by atoms with van der Waals surface area (Å²) in [5.74, 6) is 4.28. The van der Waals surface area contributed by atoms with Crippen molar-refractivity contribution >= 4 is 27.9 Å². The number of phenolic OH excluding ortho intramolecular Hbond substituents is 1. The van der Waals surface area contributed by atoms with Crippen LogP contribution in [0.1, 0.15) is 49.7 Å². The predicted octanol–water partition coefficient (Wildman–Crippen LogP) is 3.66. The van der Waals surface area contributed by atoms with Crippen LogP contribution in [0.2, 0.25) is 0 Å². The first-order chi connectivity index (χ1) is 20.1. The van der Waals surface area contributed by atoms with Crippen molar-refractivity contribution in [3.05, 3.63) is 47.8 Å². The molecule has 0 amide bonds. The van der Waals surface area contributed by atoms with Gasteiger partial charge in [-0.15, -0.1) is 6.42 Å². The van der Waals surface area contributed by atoms with Gasteiger partial charge in [-0.1, -0.05) is 18.1 Å². The number of ether oxygens (including phenoxy) is 1. The molecule has 2 unspecified atom stereocenters. The number of fused-ring (bicyclic) bond motifs is 5. The molecule has 0 saturated carbocycles. The fraction of sp³-hybridized carbons (Fsp3) is 0.469. The molecule has 210 valence electrons. The zero-order valence-electron chi connectivity index (χ0n) is 23.2. The minimum Gasteiger partial charge on any atom is -0.508 e. The van der Waals surface area contributed by atoms with Crippen LogP contribution < -0.4 is 15.0 Å². The highest BCUT2D eigenvalue weighted by Gasteiger charge is 2.45. The van der Waals surface area contributed by atoms with Crippen LogP contribution in [0.3, 0.4) is 0 Å². The largest absolute Gasteiger partial charge is 0.508 e. The molecule has 41 heavy (non-hydrogen) atoms. The Morgan fingerprint density at radius 2 is 1.90 bits per heavy atom. The minimum atomic E-state index is 0.111. The number of hydrogen-bond acceptors (Lipinski definition) is 8. The number of imidazole rings is 1. The molecule has 9 nitrogen and oxygen atoms in total. The Kier molecular flexibility index (Phi) is 5.83. The van der Waals surface area contributed by atoms with Gasteiger partial charge in [-0.25, -0.2) is 4.98 Å². The first-order valence-corrected chi connectivity index (χ1v) is 14.9. The van der Waals surface area contributed by atoms with E-state index in [0.29, 0.717) is 42.6 Å². The Morgan fingerprint density at radius 3 is 2.68 bits per heavy atom. The third kappa shape index (κ3) is 4.20. The molecule has 2 atom stereocenters. The lowest BCUT2D eigenvalue weighted by Gasteiger charge is -2.33. The fourth-order valence-electron chi connectivity index (χ4n) is 7.82. The number of nitrogens with one attached hydrogen (secondary N) is 1. The average molecular weight is 550 g/mol. The van der Waals surface area contributed by atoms with Crippen LogP contribution in [-0.4, -0.2) is 79.9 Å². The van der Waals surface area contributed by atoms with Crippen molar-refractivity contribution in [2.75, 3.05) is 37.7 Å². The second kappa shape index (κ2) is 9.61. The van der Waals surface area contributed by atoms with Crippen LogP contribution in [0.4, 0.5) is 5.95 Å². The van der Waals surface area contributed by atoms with Gasteiger partial charge in [0, 0.05) is 36.1 Å². The van der Waals surface area contributed by atoms with E-state index in [9.17, 15) is 5.11 Å². The highest BCUT2D eigenvalue weighted by atomic mass is 16.5. The van der Waals surface area contributed by atoms with E-state index in [1.165, 1.54) is 38.5 Å². The maximum Gasteiger partial charge on any atom is 0.247 e. The molecule has 6 heterocycles. The molecule has 0 aliphatic carbocycles. The quantitative estimate of drug-likeness (QED) is 0.352. The van der Waals surface area contributed by atoms with Crippen molar-refractivity contribution in [3.8, 4) is 24.0 Å².